The highest BCUT2D eigenvalue weighted by Gasteiger charge is 2.22. The summed E-state index contributed by atoms with van der Waals surface area (Å²) in [5.74, 6) is -0.544. The molecule has 8 heteroatoms. The number of rotatable bonds is 7. The Bertz CT molecular complexity index is 800. The van der Waals surface area contributed by atoms with Crippen molar-refractivity contribution in [1.29, 1.82) is 0 Å². The number of carbonyl (C=O) groups excluding carboxylic acids is 3. The fourth-order valence-corrected chi connectivity index (χ4v) is 3.49. The fourth-order valence-electron chi connectivity index (χ4n) is 2.71. The molecule has 2 rings (SSSR count). The second-order valence-corrected chi connectivity index (χ2v) is 7.32. The summed E-state index contributed by atoms with van der Waals surface area (Å²) in [5.41, 5.74) is 7.89. The number of nitrogens with two attached hydrogens (primary N) is 1. The predicted octanol–water partition coefficient (Wildman–Crippen LogP) is 2.56. The highest BCUT2D eigenvalue weighted by molar-refractivity contribution is 7.10. The van der Waals surface area contributed by atoms with E-state index in [1.807, 2.05) is 49.6 Å². The molecule has 1 aromatic heterocycles. The number of urea groups is 1. The van der Waals surface area contributed by atoms with E-state index in [2.05, 4.69) is 10.6 Å². The van der Waals surface area contributed by atoms with Crippen molar-refractivity contribution in [1.82, 2.24) is 10.2 Å². The highest BCUT2D eigenvalue weighted by Crippen LogP contribution is 2.23. The number of para-hydroxylation sites is 1. The van der Waals surface area contributed by atoms with Gasteiger partial charge < -0.3 is 21.3 Å². The molecular weight excluding hydrogens is 364 g/mol. The van der Waals surface area contributed by atoms with Crippen molar-refractivity contribution in [2.45, 2.75) is 26.3 Å². The van der Waals surface area contributed by atoms with Crippen LogP contribution < -0.4 is 16.4 Å². The van der Waals surface area contributed by atoms with Gasteiger partial charge in [-0.25, -0.2) is 4.79 Å². The van der Waals surface area contributed by atoms with Crippen LogP contribution in [-0.2, 0) is 9.59 Å². The third kappa shape index (κ3) is 5.82. The Morgan fingerprint density at radius 2 is 1.81 bits per heavy atom. The smallest absolute Gasteiger partial charge is 0.312 e. The number of thiophene rings is 1. The number of primary amides is 1. The zero-order chi connectivity index (χ0) is 20.0. The van der Waals surface area contributed by atoms with Crippen LogP contribution in [0, 0.1) is 13.8 Å². The van der Waals surface area contributed by atoms with E-state index in [-0.39, 0.29) is 24.8 Å². The summed E-state index contributed by atoms with van der Waals surface area (Å²) >= 11 is 1.43. The first-order valence-corrected chi connectivity index (χ1v) is 9.35. The third-order valence-corrected chi connectivity index (χ3v) is 5.12. The van der Waals surface area contributed by atoms with Gasteiger partial charge >= 0.3 is 6.03 Å². The van der Waals surface area contributed by atoms with Crippen LogP contribution >= 0.6 is 11.3 Å². The average Bonchev–Trinajstić information content (AvgIpc) is 3.11. The van der Waals surface area contributed by atoms with E-state index in [0.717, 1.165) is 21.7 Å². The predicted molar refractivity (Wildman–Crippen MR) is 107 cm³/mol. The molecule has 1 heterocycles. The van der Waals surface area contributed by atoms with E-state index in [1.165, 1.54) is 16.2 Å². The van der Waals surface area contributed by atoms with Gasteiger partial charge in [0.25, 0.3) is 0 Å². The van der Waals surface area contributed by atoms with Crippen molar-refractivity contribution < 1.29 is 14.4 Å². The number of nitrogens with zero attached hydrogens (tertiary/aromatic N) is 1. The zero-order valence-corrected chi connectivity index (χ0v) is 16.4. The number of aryl methyl sites for hydroxylation is 2. The molecule has 0 saturated carbocycles. The number of amides is 4. The lowest BCUT2D eigenvalue weighted by molar-refractivity contribution is -0.133. The number of anilines is 1. The van der Waals surface area contributed by atoms with Gasteiger partial charge in [0.2, 0.25) is 11.8 Å². The summed E-state index contributed by atoms with van der Waals surface area (Å²) in [5, 5.41) is 7.29. The number of carbonyl (C=O) groups is 3. The Morgan fingerprint density at radius 3 is 2.37 bits per heavy atom. The first kappa shape index (κ1) is 20.4. The van der Waals surface area contributed by atoms with Crippen molar-refractivity contribution in [3.63, 3.8) is 0 Å². The molecule has 1 aromatic carbocycles. The zero-order valence-electron chi connectivity index (χ0n) is 15.6. The lowest BCUT2D eigenvalue weighted by Crippen LogP contribution is -2.39. The van der Waals surface area contributed by atoms with E-state index in [9.17, 15) is 14.4 Å². The minimum atomic E-state index is -0.698. The van der Waals surface area contributed by atoms with E-state index >= 15 is 0 Å². The van der Waals surface area contributed by atoms with Gasteiger partial charge in [-0.15, -0.1) is 11.3 Å². The maximum absolute atomic E-state index is 12.5. The van der Waals surface area contributed by atoms with Gasteiger partial charge in [0.1, 0.15) is 0 Å². The number of nitrogens with one attached hydrogen (secondary N) is 2. The molecule has 7 nitrogen and oxygen atoms in total. The van der Waals surface area contributed by atoms with Crippen molar-refractivity contribution >= 4 is 34.9 Å². The van der Waals surface area contributed by atoms with Crippen LogP contribution in [0.1, 0.15) is 28.5 Å². The molecular formula is C19H24N4O3S. The highest BCUT2D eigenvalue weighted by atomic mass is 32.1. The van der Waals surface area contributed by atoms with E-state index in [0.29, 0.717) is 0 Å². The molecule has 1 atom stereocenters. The number of likely N-dealkylation sites (N-methyl/N-ethyl adjacent to an activating group) is 1. The van der Waals surface area contributed by atoms with Gasteiger partial charge in [-0.1, -0.05) is 24.3 Å². The SMILES string of the molecule is Cc1cccc(C)c1NC(=O)CN(C)C(=O)CC(NC(N)=O)c1cccs1. The quantitative estimate of drug-likeness (QED) is 0.679. The van der Waals surface area contributed by atoms with Crippen LogP contribution in [0.15, 0.2) is 35.7 Å². The third-order valence-electron chi connectivity index (χ3n) is 4.13. The molecule has 0 aliphatic carbocycles. The maximum Gasteiger partial charge on any atom is 0.312 e. The van der Waals surface area contributed by atoms with Crippen molar-refractivity contribution in [3.05, 3.63) is 51.7 Å². The van der Waals surface area contributed by atoms with Gasteiger partial charge in [0, 0.05) is 17.6 Å². The molecule has 2 aromatic rings. The lowest BCUT2D eigenvalue weighted by atomic mass is 10.1. The molecule has 0 aliphatic rings. The number of hydrogen-bond donors (Lipinski definition) is 3. The largest absolute Gasteiger partial charge is 0.352 e. The van der Waals surface area contributed by atoms with Gasteiger partial charge in [-0.3, -0.25) is 9.59 Å². The van der Waals surface area contributed by atoms with Crippen molar-refractivity contribution in [2.24, 2.45) is 5.73 Å². The Labute approximate surface area is 162 Å². The molecule has 1 unspecified atom stereocenters. The summed E-state index contributed by atoms with van der Waals surface area (Å²) in [6.07, 6.45) is 0.0244. The van der Waals surface area contributed by atoms with Crippen LogP contribution in [0.2, 0.25) is 0 Å². The first-order chi connectivity index (χ1) is 12.8. The van der Waals surface area contributed by atoms with E-state index in [4.69, 9.17) is 5.73 Å². The summed E-state index contributed by atoms with van der Waals surface area (Å²) in [6, 6.07) is 8.20. The van der Waals surface area contributed by atoms with Crippen LogP contribution in [0.4, 0.5) is 10.5 Å². The molecule has 0 bridgehead atoms. The van der Waals surface area contributed by atoms with Gasteiger partial charge in [-0.05, 0) is 36.4 Å². The van der Waals surface area contributed by atoms with Crippen molar-refractivity contribution in [2.75, 3.05) is 18.9 Å². The van der Waals surface area contributed by atoms with Crippen molar-refractivity contribution in [3.8, 4) is 0 Å². The van der Waals surface area contributed by atoms with Crippen LogP contribution in [0.3, 0.4) is 0 Å². The second kappa shape index (κ2) is 9.18. The monoisotopic (exact) mass is 388 g/mol. The van der Waals surface area contributed by atoms with E-state index < -0.39 is 12.1 Å². The molecule has 144 valence electrons. The molecule has 0 fully saturated rings. The van der Waals surface area contributed by atoms with Gasteiger partial charge in [-0.2, -0.15) is 0 Å². The van der Waals surface area contributed by atoms with E-state index in [1.54, 1.807) is 7.05 Å². The van der Waals surface area contributed by atoms with Gasteiger partial charge in [0.05, 0.1) is 19.0 Å². The molecule has 4 N–H and O–H groups in total. The number of hydrogen-bond acceptors (Lipinski definition) is 4. The minimum Gasteiger partial charge on any atom is -0.352 e. The standard InChI is InChI=1S/C19H24N4O3S/c1-12-6-4-7-13(2)18(12)22-16(24)11-23(3)17(25)10-14(21-19(20)26)15-8-5-9-27-15/h4-9,14H,10-11H2,1-3H3,(H,22,24)(H3,20,21,26). The number of benzene rings is 1. The van der Waals surface area contributed by atoms with Crippen LogP contribution in [0.5, 0.6) is 0 Å². The summed E-state index contributed by atoms with van der Waals surface area (Å²) < 4.78 is 0. The van der Waals surface area contributed by atoms with Gasteiger partial charge in [0.15, 0.2) is 0 Å². The molecule has 0 saturated heterocycles. The maximum atomic E-state index is 12.5. The average molecular weight is 388 g/mol. The molecule has 0 radical (unpaired) electrons. The lowest BCUT2D eigenvalue weighted by Gasteiger charge is -2.21. The molecule has 0 aliphatic heterocycles. The first-order valence-electron chi connectivity index (χ1n) is 8.47. The molecule has 27 heavy (non-hydrogen) atoms. The summed E-state index contributed by atoms with van der Waals surface area (Å²) in [4.78, 5) is 38.2. The summed E-state index contributed by atoms with van der Waals surface area (Å²) in [7, 11) is 1.56. The topological polar surface area (TPSA) is 105 Å². The minimum absolute atomic E-state index is 0.0244. The molecule has 0 spiro atoms. The second-order valence-electron chi connectivity index (χ2n) is 6.35. The van der Waals surface area contributed by atoms with Crippen LogP contribution in [-0.4, -0.2) is 36.3 Å². The molecule has 4 amide bonds. The summed E-state index contributed by atoms with van der Waals surface area (Å²) in [6.45, 7) is 3.75. The normalized spacial score (nSPS) is 11.5. The fraction of sp³-hybridized carbons (Fsp3) is 0.316. The Morgan fingerprint density at radius 1 is 1.15 bits per heavy atom. The Hall–Kier alpha value is -2.87. The Kier molecular flexibility index (Phi) is 6.95. The Balaban J connectivity index is 1.97. The van der Waals surface area contributed by atoms with Crippen LogP contribution in [0.25, 0.3) is 0 Å².